The summed E-state index contributed by atoms with van der Waals surface area (Å²) in [7, 11) is -4.10. The number of hydrazone groups is 1. The molecule has 3 N–H and O–H groups in total. The van der Waals surface area contributed by atoms with Crippen molar-refractivity contribution < 1.29 is 17.6 Å². The Bertz CT molecular complexity index is 1420. The maximum Gasteiger partial charge on any atom is 0.263 e. The molecule has 0 unspecified atom stereocenters. The molecule has 0 saturated carbocycles. The van der Waals surface area contributed by atoms with Gasteiger partial charge in [0.25, 0.3) is 10.0 Å². The number of carbonyl (C=O) groups is 1. The average Bonchev–Trinajstić information content (AvgIpc) is 3.52. The molecule has 1 amide bonds. The number of anilines is 1. The summed E-state index contributed by atoms with van der Waals surface area (Å²) in [6, 6.07) is 14.9. The molecule has 194 valence electrons. The quantitative estimate of drug-likeness (QED) is 0.302. The molecule has 2 heterocycles. The number of furan rings is 1. The highest BCUT2D eigenvalue weighted by molar-refractivity contribution is 7.90. The van der Waals surface area contributed by atoms with E-state index in [2.05, 4.69) is 9.71 Å². The Morgan fingerprint density at radius 2 is 1.73 bits per heavy atom. The molecule has 0 fully saturated rings. The number of nitrogens with one attached hydrogen (secondary N) is 1. The fourth-order valence-electron chi connectivity index (χ4n) is 3.83. The molecule has 3 aromatic rings. The first-order valence-corrected chi connectivity index (χ1v) is 13.6. The lowest BCUT2D eigenvalue weighted by atomic mass is 10.0. The van der Waals surface area contributed by atoms with Crippen molar-refractivity contribution in [3.63, 3.8) is 0 Å². The predicted molar refractivity (Wildman–Crippen MR) is 144 cm³/mol. The van der Waals surface area contributed by atoms with Crippen molar-refractivity contribution in [2.45, 2.75) is 37.2 Å². The van der Waals surface area contributed by atoms with E-state index in [-0.39, 0.29) is 23.1 Å². The average molecular weight is 562 g/mol. The number of carbonyl (C=O) groups excluding carboxylic acids is 1. The van der Waals surface area contributed by atoms with E-state index < -0.39 is 28.0 Å². The number of amides is 1. The van der Waals surface area contributed by atoms with E-state index in [4.69, 9.17) is 38.5 Å². The van der Waals surface area contributed by atoms with Crippen molar-refractivity contribution in [2.24, 2.45) is 21.7 Å². The van der Waals surface area contributed by atoms with Crippen LogP contribution in [0.15, 0.2) is 86.3 Å². The zero-order valence-electron chi connectivity index (χ0n) is 20.0. The van der Waals surface area contributed by atoms with Gasteiger partial charge in [-0.2, -0.15) is 5.10 Å². The van der Waals surface area contributed by atoms with Gasteiger partial charge in [-0.25, -0.2) is 8.42 Å². The highest BCUT2D eigenvalue weighted by Gasteiger charge is 2.35. The lowest BCUT2D eigenvalue weighted by molar-refractivity contribution is -0.120. The van der Waals surface area contributed by atoms with Crippen LogP contribution in [-0.2, 0) is 14.8 Å². The predicted octanol–water partition coefficient (Wildman–Crippen LogP) is 4.78. The Morgan fingerprint density at radius 3 is 2.27 bits per heavy atom. The zero-order chi connectivity index (χ0) is 26.7. The molecule has 2 atom stereocenters. The van der Waals surface area contributed by atoms with E-state index in [0.717, 1.165) is 0 Å². The van der Waals surface area contributed by atoms with Crippen molar-refractivity contribution in [1.29, 1.82) is 0 Å². The maximum absolute atomic E-state index is 13.3. The van der Waals surface area contributed by atoms with E-state index in [0.29, 0.717) is 27.2 Å². The van der Waals surface area contributed by atoms with Crippen molar-refractivity contribution in [3.05, 3.63) is 82.7 Å². The summed E-state index contributed by atoms with van der Waals surface area (Å²) in [4.78, 5) is 16.6. The van der Waals surface area contributed by atoms with Gasteiger partial charge in [-0.05, 0) is 66.6 Å². The number of nitrogens with two attached hydrogens (primary N) is 1. The minimum Gasteiger partial charge on any atom is -0.467 e. The molecule has 4 rings (SSSR count). The molecule has 0 spiro atoms. The Labute approximate surface area is 225 Å². The second kappa shape index (κ2) is 11.0. The fraction of sp³-hybridized carbons (Fsp3) is 0.240. The van der Waals surface area contributed by atoms with E-state index >= 15 is 0 Å². The monoisotopic (exact) mass is 561 g/mol. The smallest absolute Gasteiger partial charge is 0.263 e. The molecule has 1 aromatic heterocycles. The number of halogens is 2. The number of primary amides is 1. The number of aliphatic imine (C=N–C) groups is 1. The lowest BCUT2D eigenvalue weighted by Gasteiger charge is -2.21. The first-order valence-electron chi connectivity index (χ1n) is 11.4. The largest absolute Gasteiger partial charge is 0.467 e. The Hall–Kier alpha value is -3.34. The van der Waals surface area contributed by atoms with E-state index in [1.165, 1.54) is 24.3 Å². The van der Waals surface area contributed by atoms with Crippen LogP contribution >= 0.6 is 23.2 Å². The van der Waals surface area contributed by atoms with Gasteiger partial charge in [0.05, 0.1) is 16.8 Å². The minimum absolute atomic E-state index is 0.0273. The number of rotatable bonds is 8. The first-order chi connectivity index (χ1) is 17.5. The molecular weight excluding hydrogens is 537 g/mol. The van der Waals surface area contributed by atoms with Crippen LogP contribution in [0.2, 0.25) is 10.0 Å². The van der Waals surface area contributed by atoms with Crippen LogP contribution in [0.1, 0.15) is 32.1 Å². The van der Waals surface area contributed by atoms with Crippen LogP contribution in [0.4, 0.5) is 5.69 Å². The molecule has 0 aliphatic carbocycles. The van der Waals surface area contributed by atoms with Gasteiger partial charge in [-0.15, -0.1) is 0 Å². The number of nitrogens with zero attached hydrogens (tertiary/aromatic N) is 3. The number of benzene rings is 2. The van der Waals surface area contributed by atoms with E-state index in [9.17, 15) is 13.2 Å². The van der Waals surface area contributed by atoms with Crippen LogP contribution in [0.3, 0.4) is 0 Å². The van der Waals surface area contributed by atoms with Crippen LogP contribution < -0.4 is 15.5 Å². The maximum atomic E-state index is 13.3. The fourth-order valence-corrected chi connectivity index (χ4v) is 5.12. The van der Waals surface area contributed by atoms with Gasteiger partial charge in [0.2, 0.25) is 5.91 Å². The van der Waals surface area contributed by atoms with Crippen molar-refractivity contribution in [3.8, 4) is 0 Å². The zero-order valence-corrected chi connectivity index (χ0v) is 22.3. The summed E-state index contributed by atoms with van der Waals surface area (Å²) in [6.07, 6.45) is 1.79. The van der Waals surface area contributed by atoms with Crippen molar-refractivity contribution >= 4 is 56.4 Å². The molecule has 12 heteroatoms. The Kier molecular flexibility index (Phi) is 7.91. The molecule has 37 heavy (non-hydrogen) atoms. The van der Waals surface area contributed by atoms with Gasteiger partial charge in [0, 0.05) is 16.5 Å². The number of sulfonamides is 1. The normalized spacial score (nSPS) is 17.1. The number of hydrogen-bond donors (Lipinski definition) is 2. The van der Waals surface area contributed by atoms with E-state index in [1.807, 2.05) is 0 Å². The Balaban J connectivity index is 1.80. The second-order valence-electron chi connectivity index (χ2n) is 8.73. The topological polar surface area (TPSA) is 130 Å². The van der Waals surface area contributed by atoms with Gasteiger partial charge in [0.15, 0.2) is 5.84 Å². The summed E-state index contributed by atoms with van der Waals surface area (Å²) < 4.78 is 34.7. The molecule has 2 aromatic carbocycles. The SMILES string of the molecule is CC(C)[C@H](N=C(NS(=O)(=O)c1ccc(Cl)cc1)C1=NN(c2ccc(Cl)cc2)[C@@H](c2ccco2)C1)C(N)=O. The summed E-state index contributed by atoms with van der Waals surface area (Å²) in [5, 5.41) is 7.35. The molecule has 0 bridgehead atoms. The third kappa shape index (κ3) is 6.15. The highest BCUT2D eigenvalue weighted by atomic mass is 35.5. The second-order valence-corrected chi connectivity index (χ2v) is 11.3. The molecule has 9 nitrogen and oxygen atoms in total. The lowest BCUT2D eigenvalue weighted by Crippen LogP contribution is -2.40. The van der Waals surface area contributed by atoms with Gasteiger partial charge < -0.3 is 10.2 Å². The summed E-state index contributed by atoms with van der Waals surface area (Å²) in [5.41, 5.74) is 6.61. The number of amidine groups is 1. The van der Waals surface area contributed by atoms with Gasteiger partial charge in [0.1, 0.15) is 23.6 Å². The first kappa shape index (κ1) is 26.7. The van der Waals surface area contributed by atoms with Crippen LogP contribution in [0.5, 0.6) is 0 Å². The van der Waals surface area contributed by atoms with E-state index in [1.54, 1.807) is 61.5 Å². The highest BCUT2D eigenvalue weighted by Crippen LogP contribution is 2.36. The molecule has 0 saturated heterocycles. The Morgan fingerprint density at radius 1 is 1.11 bits per heavy atom. The van der Waals surface area contributed by atoms with Crippen molar-refractivity contribution in [2.75, 3.05) is 5.01 Å². The molecular formula is C25H25Cl2N5O4S. The summed E-state index contributed by atoms with van der Waals surface area (Å²) >= 11 is 12.0. The number of hydrogen-bond acceptors (Lipinski definition) is 7. The summed E-state index contributed by atoms with van der Waals surface area (Å²) in [6.45, 7) is 3.54. The molecule has 1 aliphatic rings. The van der Waals surface area contributed by atoms with Crippen LogP contribution in [-0.4, -0.2) is 31.9 Å². The third-order valence-electron chi connectivity index (χ3n) is 5.69. The van der Waals surface area contributed by atoms with Gasteiger partial charge >= 0.3 is 0 Å². The minimum atomic E-state index is -4.10. The molecule has 0 radical (unpaired) electrons. The standard InChI is InChI=1S/C25H25Cl2N5O4S/c1-15(2)23(24(28)33)29-25(31-37(34,35)19-11-7-17(27)8-12-19)20-14-21(22-4-3-13-36-22)32(30-20)18-9-5-16(26)6-10-18/h3-13,15,21,23H,14H2,1-2H3,(H2,28,33)(H,29,31)/t21-,23+/m1/s1. The third-order valence-corrected chi connectivity index (χ3v) is 7.55. The van der Waals surface area contributed by atoms with Crippen molar-refractivity contribution in [1.82, 2.24) is 4.72 Å². The summed E-state index contributed by atoms with van der Waals surface area (Å²) in [5.74, 6) is -0.443. The van der Waals surface area contributed by atoms with Crippen LogP contribution in [0, 0.1) is 5.92 Å². The van der Waals surface area contributed by atoms with Crippen LogP contribution in [0.25, 0.3) is 0 Å². The molecule has 1 aliphatic heterocycles. The van der Waals surface area contributed by atoms with Gasteiger partial charge in [-0.1, -0.05) is 37.0 Å². The van der Waals surface area contributed by atoms with Gasteiger partial charge in [-0.3, -0.25) is 19.5 Å².